The summed E-state index contributed by atoms with van der Waals surface area (Å²) in [6.45, 7) is 0.872. The van der Waals surface area contributed by atoms with Crippen molar-refractivity contribution in [3.05, 3.63) is 143 Å². The molecule has 0 aliphatic rings. The smallest absolute Gasteiger partial charge is 0.251 e. The van der Waals surface area contributed by atoms with Crippen LogP contribution in [0, 0.1) is 0 Å². The minimum atomic E-state index is -0.200. The molecule has 0 saturated carbocycles. The molecule has 4 rings (SSSR count). The first-order valence-electron chi connectivity index (χ1n) is 11.0. The molecule has 0 radical (unpaired) electrons. The lowest BCUT2D eigenvalue weighted by Gasteiger charge is -2.08. The van der Waals surface area contributed by atoms with E-state index in [1.54, 1.807) is 48.5 Å². The number of carbonyl (C=O) groups is 3. The topological polar surface area (TPSA) is 75.3 Å². The Morgan fingerprint density at radius 3 is 1.12 bits per heavy atom. The summed E-state index contributed by atoms with van der Waals surface area (Å²) in [5, 5.41) is 5.74. The van der Waals surface area contributed by atoms with E-state index >= 15 is 0 Å². The highest BCUT2D eigenvalue weighted by Gasteiger charge is 2.12. The normalized spacial score (nSPS) is 10.4. The van der Waals surface area contributed by atoms with Gasteiger partial charge in [-0.25, -0.2) is 0 Å². The summed E-state index contributed by atoms with van der Waals surface area (Å²) in [7, 11) is 0. The highest BCUT2D eigenvalue weighted by atomic mass is 16.2. The maximum atomic E-state index is 12.8. The van der Waals surface area contributed by atoms with Gasteiger partial charge in [0.2, 0.25) is 0 Å². The van der Waals surface area contributed by atoms with E-state index in [2.05, 4.69) is 10.6 Å². The number of rotatable bonds is 8. The Morgan fingerprint density at radius 2 is 0.765 bits per heavy atom. The van der Waals surface area contributed by atoms with Crippen LogP contribution in [-0.4, -0.2) is 17.6 Å². The predicted octanol–water partition coefficient (Wildman–Crippen LogP) is 4.78. The lowest BCUT2D eigenvalue weighted by Crippen LogP contribution is -2.23. The number of hydrogen-bond acceptors (Lipinski definition) is 3. The summed E-state index contributed by atoms with van der Waals surface area (Å²) in [5.74, 6) is -0.574. The molecule has 0 heterocycles. The predicted molar refractivity (Wildman–Crippen MR) is 132 cm³/mol. The first-order chi connectivity index (χ1) is 16.6. The molecule has 0 atom stereocenters. The molecular weight excluding hydrogens is 424 g/mol. The largest absolute Gasteiger partial charge is 0.348 e. The van der Waals surface area contributed by atoms with Crippen molar-refractivity contribution in [3.63, 3.8) is 0 Å². The second-order valence-corrected chi connectivity index (χ2v) is 7.82. The number of benzene rings is 4. The number of nitrogens with one attached hydrogen (secondary N) is 2. The fourth-order valence-corrected chi connectivity index (χ4v) is 3.47. The van der Waals surface area contributed by atoms with Crippen LogP contribution in [0.5, 0.6) is 0 Å². The molecule has 2 amide bonds. The Bertz CT molecular complexity index is 1170. The zero-order valence-electron chi connectivity index (χ0n) is 18.5. The van der Waals surface area contributed by atoms with Gasteiger partial charge in [0.1, 0.15) is 0 Å². The molecule has 0 aromatic heterocycles. The van der Waals surface area contributed by atoms with E-state index in [9.17, 15) is 14.4 Å². The third kappa shape index (κ3) is 5.84. The third-order valence-electron chi connectivity index (χ3n) is 5.41. The van der Waals surface area contributed by atoms with Crippen LogP contribution >= 0.6 is 0 Å². The monoisotopic (exact) mass is 448 g/mol. The first-order valence-corrected chi connectivity index (χ1v) is 11.0. The Labute approximate surface area is 198 Å². The Balaban J connectivity index is 1.34. The SMILES string of the molecule is O=C(NCc1ccccc1)c1ccc(C(=O)c2ccc(C(=O)NCc3ccccc3)cc2)cc1. The quantitative estimate of drug-likeness (QED) is 0.381. The van der Waals surface area contributed by atoms with Crippen molar-refractivity contribution in [3.8, 4) is 0 Å². The van der Waals surface area contributed by atoms with E-state index in [1.165, 1.54) is 0 Å². The maximum absolute atomic E-state index is 12.8. The van der Waals surface area contributed by atoms with Gasteiger partial charge in [0.05, 0.1) is 0 Å². The lowest BCUT2D eigenvalue weighted by molar-refractivity contribution is 0.0943. The summed E-state index contributed by atoms with van der Waals surface area (Å²) in [6.07, 6.45) is 0. The average molecular weight is 449 g/mol. The second kappa shape index (κ2) is 10.9. The molecule has 2 N–H and O–H groups in total. The molecule has 0 fully saturated rings. The van der Waals surface area contributed by atoms with Crippen molar-refractivity contribution in [2.45, 2.75) is 13.1 Å². The Hall–Kier alpha value is -4.51. The molecule has 5 heteroatoms. The molecule has 168 valence electrons. The van der Waals surface area contributed by atoms with Gasteiger partial charge >= 0.3 is 0 Å². The molecule has 0 bridgehead atoms. The van der Waals surface area contributed by atoms with Gasteiger partial charge in [-0.15, -0.1) is 0 Å². The zero-order valence-corrected chi connectivity index (χ0v) is 18.5. The standard InChI is InChI=1S/C29H24N2O3/c32-27(23-11-15-25(16-12-23)28(33)30-19-21-7-3-1-4-8-21)24-13-17-26(18-14-24)29(34)31-20-22-9-5-2-6-10-22/h1-18H,19-20H2,(H,30,33)(H,31,34). The molecule has 5 nitrogen and oxygen atoms in total. The Morgan fingerprint density at radius 1 is 0.441 bits per heavy atom. The molecule has 34 heavy (non-hydrogen) atoms. The number of ketones is 1. The number of hydrogen-bond donors (Lipinski definition) is 2. The van der Waals surface area contributed by atoms with Crippen molar-refractivity contribution in [1.29, 1.82) is 0 Å². The van der Waals surface area contributed by atoms with Crippen LogP contribution in [0.15, 0.2) is 109 Å². The second-order valence-electron chi connectivity index (χ2n) is 7.82. The maximum Gasteiger partial charge on any atom is 0.251 e. The van der Waals surface area contributed by atoms with Gasteiger partial charge in [-0.3, -0.25) is 14.4 Å². The molecular formula is C29H24N2O3. The third-order valence-corrected chi connectivity index (χ3v) is 5.41. The van der Waals surface area contributed by atoms with Crippen LogP contribution in [0.1, 0.15) is 47.8 Å². The van der Waals surface area contributed by atoms with E-state index in [0.29, 0.717) is 35.3 Å². The fraction of sp³-hybridized carbons (Fsp3) is 0.0690. The first kappa shape index (κ1) is 22.7. The average Bonchev–Trinajstić information content (AvgIpc) is 2.91. The van der Waals surface area contributed by atoms with E-state index in [1.807, 2.05) is 60.7 Å². The number of amides is 2. The van der Waals surface area contributed by atoms with Crippen LogP contribution in [0.4, 0.5) is 0 Å². The van der Waals surface area contributed by atoms with Crippen LogP contribution in [-0.2, 0) is 13.1 Å². The van der Waals surface area contributed by atoms with Crippen molar-refractivity contribution >= 4 is 17.6 Å². The van der Waals surface area contributed by atoms with Gasteiger partial charge in [-0.1, -0.05) is 84.9 Å². The summed E-state index contributed by atoms with van der Waals surface area (Å²) in [4.78, 5) is 37.6. The minimum absolute atomic E-state index is 0.174. The van der Waals surface area contributed by atoms with Crippen molar-refractivity contribution in [2.75, 3.05) is 0 Å². The molecule has 0 saturated heterocycles. The molecule has 4 aromatic carbocycles. The van der Waals surface area contributed by atoms with E-state index in [4.69, 9.17) is 0 Å². The van der Waals surface area contributed by atoms with Gasteiger partial charge in [-0.05, 0) is 35.4 Å². The number of carbonyl (C=O) groups excluding carboxylic acids is 3. The molecule has 0 aliphatic heterocycles. The minimum Gasteiger partial charge on any atom is -0.348 e. The molecule has 0 unspecified atom stereocenters. The van der Waals surface area contributed by atoms with Crippen LogP contribution in [0.3, 0.4) is 0 Å². The highest BCUT2D eigenvalue weighted by molar-refractivity contribution is 6.10. The van der Waals surface area contributed by atoms with Crippen molar-refractivity contribution in [1.82, 2.24) is 10.6 Å². The molecule has 0 spiro atoms. The van der Waals surface area contributed by atoms with Crippen LogP contribution < -0.4 is 10.6 Å². The summed E-state index contributed by atoms with van der Waals surface area (Å²) in [6, 6.07) is 32.4. The van der Waals surface area contributed by atoms with E-state index in [-0.39, 0.29) is 17.6 Å². The zero-order chi connectivity index (χ0) is 23.8. The van der Waals surface area contributed by atoms with Crippen LogP contribution in [0.2, 0.25) is 0 Å². The van der Waals surface area contributed by atoms with Gasteiger partial charge in [0.25, 0.3) is 11.8 Å². The van der Waals surface area contributed by atoms with Crippen molar-refractivity contribution in [2.24, 2.45) is 0 Å². The Kier molecular flexibility index (Phi) is 7.25. The lowest BCUT2D eigenvalue weighted by atomic mass is 10.0. The molecule has 4 aromatic rings. The van der Waals surface area contributed by atoms with Gasteiger partial charge in [0, 0.05) is 35.3 Å². The van der Waals surface area contributed by atoms with Gasteiger partial charge < -0.3 is 10.6 Å². The van der Waals surface area contributed by atoms with Crippen LogP contribution in [0.25, 0.3) is 0 Å². The molecule has 0 aliphatic carbocycles. The summed E-state index contributed by atoms with van der Waals surface area (Å²) < 4.78 is 0. The van der Waals surface area contributed by atoms with Gasteiger partial charge in [0.15, 0.2) is 5.78 Å². The van der Waals surface area contributed by atoms with E-state index < -0.39 is 0 Å². The fourth-order valence-electron chi connectivity index (χ4n) is 3.47. The summed E-state index contributed by atoms with van der Waals surface area (Å²) >= 11 is 0. The summed E-state index contributed by atoms with van der Waals surface area (Å²) in [5.41, 5.74) is 3.94. The van der Waals surface area contributed by atoms with E-state index in [0.717, 1.165) is 11.1 Å². The highest BCUT2D eigenvalue weighted by Crippen LogP contribution is 2.13. The van der Waals surface area contributed by atoms with Crippen molar-refractivity contribution < 1.29 is 14.4 Å². The van der Waals surface area contributed by atoms with Gasteiger partial charge in [-0.2, -0.15) is 0 Å².